The number of anilines is 7. The number of aliphatic hydroxyl groups excluding tert-OH is 2. The number of phenolic OH excluding ortho intramolecular Hbond substituents is 1. The summed E-state index contributed by atoms with van der Waals surface area (Å²) in [6.07, 6.45) is 0.710. The number of nitrogens with zero attached hydrogens (tertiary/aromatic N) is 22. The number of methoxy groups -OCH3 is 1. The maximum Gasteiger partial charge on any atom is 0.534 e. The summed E-state index contributed by atoms with van der Waals surface area (Å²) in [6.45, 7) is 36.4. The minimum absolute atomic E-state index is 0.00134. The summed E-state index contributed by atoms with van der Waals surface area (Å²) >= 11 is 3.30. The van der Waals surface area contributed by atoms with E-state index in [1.807, 2.05) is 108 Å². The van der Waals surface area contributed by atoms with Gasteiger partial charge in [0.1, 0.15) is 116 Å². The minimum atomic E-state index is -5.91. The lowest BCUT2D eigenvalue weighted by molar-refractivity contribution is -0.0500. The zero-order valence-corrected chi connectivity index (χ0v) is 80.3. The minimum Gasteiger partial charge on any atom is -0.506 e. The van der Waals surface area contributed by atoms with E-state index in [4.69, 9.17) is 4.74 Å². The van der Waals surface area contributed by atoms with Crippen molar-refractivity contribution in [2.45, 2.75) is 196 Å². The Hall–Kier alpha value is -14.7. The molecule has 0 amide bonds. The number of aliphatic hydroxyl groups is 2. The van der Waals surface area contributed by atoms with E-state index >= 15 is 0 Å². The molecule has 7 aromatic carbocycles. The largest absolute Gasteiger partial charge is 0.534 e. The first-order valence-corrected chi connectivity index (χ1v) is 44.5. The summed E-state index contributed by atoms with van der Waals surface area (Å²) in [6, 6.07) is 18.6. The normalized spacial score (nSPS) is 15.7. The summed E-state index contributed by atoms with van der Waals surface area (Å²) in [5.41, 5.74) is -2.06. The third kappa shape index (κ3) is 16.7. The van der Waals surface area contributed by atoms with Crippen LogP contribution >= 0.6 is 15.9 Å². The van der Waals surface area contributed by atoms with Gasteiger partial charge in [0.25, 0.3) is 0 Å². The third-order valence-corrected chi connectivity index (χ3v) is 25.1. The van der Waals surface area contributed by atoms with E-state index < -0.39 is 78.1 Å². The molecule has 0 fully saturated rings. The SMILES string of the molecule is COc1ccc(F)c2c1-n1c(C)nnc1C(C)(C)N2.Cc1nnc2n1-c1c(C#N)ccc(F)c1NC2(C)C.Cc1nnc2n1-c1c(C=O)ccc(F)c1NC2(C)C.Cc1nnc2n1-c1c(CO)c(Br)cc(F)c1NC2(C)C.Cc1nnc2n1-c1c(CO)ccc(F)c1NC2(C)C.Cc1nnc2n1-c1c(O)ccc(F)c1NC2(C)C.Cc1nnc2n1-c1c(OS(=O)(=O)C(F)(F)F)ccc(F)c1NC2C. The molecule has 0 saturated carbocycles. The molecule has 49 heteroatoms. The maximum absolute atomic E-state index is 14.3. The molecule has 0 bridgehead atoms. The number of carbonyl (C=O) groups is 1. The third-order valence-electron chi connectivity index (χ3n) is 23.5. The van der Waals surface area contributed by atoms with Crippen LogP contribution < -0.4 is 46.1 Å². The molecule has 1 unspecified atom stereocenters. The molecule has 724 valence electrons. The number of carbonyl (C=O) groups excluding carboxylic acids is 1. The van der Waals surface area contributed by atoms with E-state index in [0.29, 0.717) is 165 Å². The number of aromatic hydroxyl groups is 1. The van der Waals surface area contributed by atoms with Crippen LogP contribution in [-0.2, 0) is 56.6 Å². The predicted molar refractivity (Wildman–Crippen MR) is 488 cm³/mol. The van der Waals surface area contributed by atoms with Crippen molar-refractivity contribution in [2.75, 3.05) is 44.3 Å². The number of hydrogen-bond acceptors (Lipinski definition) is 30. The van der Waals surface area contributed by atoms with Gasteiger partial charge in [-0.2, -0.15) is 26.9 Å². The molecule has 37 nitrogen and oxygen atoms in total. The molecule has 7 aromatic heterocycles. The summed E-state index contributed by atoms with van der Waals surface area (Å²) in [4.78, 5) is 11.2. The number of benzene rings is 7. The summed E-state index contributed by atoms with van der Waals surface area (Å²) in [5.74, 6) is 5.40. The van der Waals surface area contributed by atoms with Crippen LogP contribution in [0.25, 0.3) is 39.8 Å². The lowest BCUT2D eigenvalue weighted by Gasteiger charge is -2.35. The van der Waals surface area contributed by atoms with Crippen LogP contribution in [0.5, 0.6) is 17.2 Å². The number of nitrogens with one attached hydrogen (secondary N) is 7. The summed E-state index contributed by atoms with van der Waals surface area (Å²) in [5, 5.41) is 116. The number of aryl methyl sites for hydroxylation is 7. The molecule has 10 N–H and O–H groups in total. The Morgan fingerprint density at radius 3 is 1.17 bits per heavy atom. The van der Waals surface area contributed by atoms with E-state index in [-0.39, 0.29) is 70.9 Å². The predicted octanol–water partition coefficient (Wildman–Crippen LogP) is 15.8. The first-order valence-electron chi connectivity index (χ1n) is 42.3. The molecule has 7 aliphatic heterocycles. The van der Waals surface area contributed by atoms with Crippen LogP contribution in [-0.4, -0.2) is 146 Å². The molecule has 138 heavy (non-hydrogen) atoms. The van der Waals surface area contributed by atoms with Crippen LogP contribution in [0.2, 0.25) is 0 Å². The Morgan fingerprint density at radius 2 is 0.754 bits per heavy atom. The number of alkyl halides is 3. The Morgan fingerprint density at radius 1 is 0.428 bits per heavy atom. The van der Waals surface area contributed by atoms with Gasteiger partial charge in [0.2, 0.25) is 0 Å². The highest BCUT2D eigenvalue weighted by atomic mass is 79.9. The second kappa shape index (κ2) is 35.2. The fourth-order valence-electron chi connectivity index (χ4n) is 17.0. The van der Waals surface area contributed by atoms with Gasteiger partial charge in [0, 0.05) is 21.2 Å². The number of hydrogen-bond donors (Lipinski definition) is 10. The van der Waals surface area contributed by atoms with Gasteiger partial charge in [0.05, 0.1) is 128 Å². The Kier molecular flexibility index (Phi) is 24.9. The smallest absolute Gasteiger partial charge is 0.506 e. The highest BCUT2D eigenvalue weighted by Gasteiger charge is 2.50. The van der Waals surface area contributed by atoms with E-state index in [9.17, 15) is 77.7 Å². The molecular weight excluding hydrogens is 1910 g/mol. The fraction of sp³-hybridized carbons (Fsp3) is 0.348. The number of aromatic nitrogens is 21. The molecule has 1 atom stereocenters. The molecule has 14 aromatic rings. The summed E-state index contributed by atoms with van der Waals surface area (Å²) in [7, 11) is -4.35. The molecule has 0 saturated heterocycles. The van der Waals surface area contributed by atoms with Crippen LogP contribution in [0.3, 0.4) is 0 Å². The van der Waals surface area contributed by atoms with E-state index in [0.717, 1.165) is 18.0 Å². The van der Waals surface area contributed by atoms with Crippen molar-refractivity contribution >= 4 is 72.1 Å². The van der Waals surface area contributed by atoms with Crippen molar-refractivity contribution in [1.29, 1.82) is 5.26 Å². The second-order valence-corrected chi connectivity index (χ2v) is 38.3. The van der Waals surface area contributed by atoms with Gasteiger partial charge in [-0.25, -0.2) is 30.7 Å². The van der Waals surface area contributed by atoms with E-state index in [2.05, 4.69) is 135 Å². The number of aldehydes is 1. The van der Waals surface area contributed by atoms with Crippen molar-refractivity contribution in [3.8, 4) is 63.1 Å². The molecule has 0 spiro atoms. The average Bonchev–Trinajstić information content (AvgIpc) is 1.48. The molecule has 14 heterocycles. The van der Waals surface area contributed by atoms with Crippen molar-refractivity contribution in [1.82, 2.24) is 103 Å². The van der Waals surface area contributed by atoms with Crippen LogP contribution in [0.15, 0.2) is 83.3 Å². The highest BCUT2D eigenvalue weighted by Crippen LogP contribution is 2.50. The first kappa shape index (κ1) is 97.9. The van der Waals surface area contributed by atoms with Crippen LogP contribution in [0, 0.1) is 101 Å². The summed E-state index contributed by atoms with van der Waals surface area (Å²) < 4.78 is 181. The molecule has 7 aliphatic rings. The van der Waals surface area contributed by atoms with Gasteiger partial charge in [-0.1, -0.05) is 22.0 Å². The van der Waals surface area contributed by atoms with Gasteiger partial charge in [-0.15, -0.1) is 71.4 Å². The lowest BCUT2D eigenvalue weighted by atomic mass is 9.98. The van der Waals surface area contributed by atoms with Gasteiger partial charge in [0.15, 0.2) is 52.8 Å². The Labute approximate surface area is 789 Å². The van der Waals surface area contributed by atoms with Crippen molar-refractivity contribution in [2.24, 2.45) is 0 Å². The standard InChI is InChI=1S/C13H14BrFN4O.C13H12FN5.2C13H15FN4O.C13H13FN4O.C12H10F4N4O3S.C12H13FN4O/c1-6-17-18-12-13(2,3)16-10-9(15)4-8(14)7(5-20)11(10)19(6)12;1-7-17-18-12-13(2,3)16-10-9(14)5-4-8(6-15)11(10)19(7)12;1-7-16-17-12-13(2,3)15-10-8(14)5-6-9(19-4)11(10)18(7)12;2*1-7-16-17-12-13(2,3)15-10-9(14)5-4-8(6-19)11(10)18(7)12;1-5-11-19-18-6(2)20(11)10-8(4-3-7(13)9(10)17-5)23-24(21,22)12(14,15)16;1-6-15-16-11-12(2,3)14-9-7(13)4-5-8(18)10(9)17(6)11/h4,16,20H,5H2,1-3H3;4-5,16H,1-3H3;5-6,15H,1-4H3;4-5,15,19H,6H2,1-3H3;4-6,15H,1-3H3;3-5,17H,1-2H3;4-5,14,18H,1-3H3. The number of fused-ring (bicyclic) bond motifs is 21. The molecule has 0 radical (unpaired) electrons. The molecular formula is C89H92BrF10N29O8S. The highest BCUT2D eigenvalue weighted by molar-refractivity contribution is 9.10. The van der Waals surface area contributed by atoms with E-state index in [1.165, 1.54) is 66.1 Å². The quantitative estimate of drug-likeness (QED) is 0.0320. The first-order chi connectivity index (χ1) is 64.6. The monoisotopic (exact) mass is 2000 g/mol. The second-order valence-electron chi connectivity index (χ2n) is 36.0. The Bertz CT molecular complexity index is 7340. The number of rotatable bonds is 6. The Balaban J connectivity index is 0.000000122. The number of ether oxygens (including phenoxy) is 1. The van der Waals surface area contributed by atoms with Gasteiger partial charge in [-0.05, 0) is 211 Å². The van der Waals surface area contributed by atoms with Crippen molar-refractivity contribution in [3.63, 3.8) is 0 Å². The van der Waals surface area contributed by atoms with Gasteiger partial charge >= 0.3 is 15.6 Å². The molecule has 0 aliphatic carbocycles. The van der Waals surface area contributed by atoms with Gasteiger partial charge < -0.3 is 61.5 Å². The number of halogens is 11. The van der Waals surface area contributed by atoms with Crippen molar-refractivity contribution in [3.05, 3.63) is 228 Å². The maximum atomic E-state index is 14.3. The topological polar surface area (TPSA) is 453 Å². The fourth-order valence-corrected chi connectivity index (χ4v) is 18.0. The van der Waals surface area contributed by atoms with Gasteiger partial charge in [-0.3, -0.25) is 36.8 Å². The number of phenols is 1. The number of nitriles is 1. The molecule has 21 rings (SSSR count). The zero-order chi connectivity index (χ0) is 101. The van der Waals surface area contributed by atoms with Crippen LogP contribution in [0.4, 0.5) is 83.7 Å². The van der Waals surface area contributed by atoms with Crippen LogP contribution in [0.1, 0.15) is 205 Å². The van der Waals surface area contributed by atoms with E-state index in [1.54, 1.807) is 69.8 Å². The average molecular weight is 2000 g/mol. The lowest BCUT2D eigenvalue weighted by Crippen LogP contribution is -2.37. The van der Waals surface area contributed by atoms with Crippen molar-refractivity contribution < 1.29 is 81.4 Å². The zero-order valence-electron chi connectivity index (χ0n) is 77.9.